The van der Waals surface area contributed by atoms with Crippen LogP contribution >= 0.6 is 0 Å². The number of fused-ring (bicyclic) bond motifs is 37. The van der Waals surface area contributed by atoms with Crippen LogP contribution in [0.1, 0.15) is 44.5 Å². The minimum Gasteiger partial charge on any atom is -0.456 e. The molecule has 0 unspecified atom stereocenters. The van der Waals surface area contributed by atoms with Gasteiger partial charge in [-0.1, -0.05) is 285 Å². The third kappa shape index (κ3) is 8.48. The molecule has 6 heterocycles. The topological polar surface area (TPSA) is 88.0 Å². The van der Waals surface area contributed by atoms with Gasteiger partial charge < -0.3 is 22.4 Å². The third-order valence-electron chi connectivity index (χ3n) is 27.2. The number of para-hydroxylation sites is 3. The average Bonchev–Trinajstić information content (AvgIpc) is 1.50. The van der Waals surface area contributed by atoms with Crippen LogP contribution in [0.25, 0.3) is 222 Å². The van der Waals surface area contributed by atoms with Crippen molar-refractivity contribution in [3.05, 3.63) is 427 Å². The lowest BCUT2D eigenvalue weighted by molar-refractivity contribution is 0.668. The first-order valence-corrected chi connectivity index (χ1v) is 41.5. The van der Waals surface area contributed by atoms with Crippen molar-refractivity contribution < 1.29 is 13.3 Å². The maximum absolute atomic E-state index is 6.94. The second kappa shape index (κ2) is 23.9. The Balaban J connectivity index is 0.615. The van der Waals surface area contributed by atoms with Crippen molar-refractivity contribution in [3.63, 3.8) is 0 Å². The summed E-state index contributed by atoms with van der Waals surface area (Å²) >= 11 is 0. The van der Waals surface area contributed by atoms with Crippen LogP contribution in [0.2, 0.25) is 0 Å². The van der Waals surface area contributed by atoms with Crippen molar-refractivity contribution in [1.82, 2.24) is 24.1 Å². The normalized spacial score (nSPS) is 13.6. The van der Waals surface area contributed by atoms with E-state index in [9.17, 15) is 0 Å². The number of nitrogens with zero attached hydrogens (tertiary/aromatic N) is 5. The van der Waals surface area contributed by atoms with Crippen LogP contribution in [-0.4, -0.2) is 24.1 Å². The van der Waals surface area contributed by atoms with Crippen LogP contribution in [0.15, 0.2) is 395 Å². The molecule has 0 N–H and O–H groups in total. The molecule has 0 radical (unpaired) electrons. The van der Waals surface area contributed by atoms with E-state index < -0.39 is 10.8 Å². The fourth-order valence-corrected chi connectivity index (χ4v) is 22.5. The van der Waals surface area contributed by atoms with Crippen molar-refractivity contribution in [1.29, 1.82) is 0 Å². The molecule has 0 bridgehead atoms. The highest BCUT2D eigenvalue weighted by atomic mass is 16.3. The molecule has 2 spiro atoms. The van der Waals surface area contributed by atoms with Crippen molar-refractivity contribution in [2.45, 2.75) is 10.8 Å². The molecule has 18 aromatic carbocycles. The number of hydrogen-bond donors (Lipinski definition) is 0. The molecule has 558 valence electrons. The first kappa shape index (κ1) is 65.2. The van der Waals surface area contributed by atoms with Crippen LogP contribution in [0, 0.1) is 0 Å². The Morgan fingerprint density at radius 2 is 0.496 bits per heavy atom. The summed E-state index contributed by atoms with van der Waals surface area (Å²) in [7, 11) is 0. The Labute approximate surface area is 692 Å². The zero-order valence-electron chi connectivity index (χ0n) is 64.8. The summed E-state index contributed by atoms with van der Waals surface area (Å²) in [6.07, 6.45) is 0. The predicted octanol–water partition coefficient (Wildman–Crippen LogP) is 28.8. The van der Waals surface area contributed by atoms with E-state index in [1.54, 1.807) is 0 Å². The fourth-order valence-electron chi connectivity index (χ4n) is 22.5. The molecule has 0 saturated heterocycles. The molecule has 0 fully saturated rings. The molecule has 0 saturated carbocycles. The lowest BCUT2D eigenvalue weighted by Crippen LogP contribution is -2.25. The third-order valence-corrected chi connectivity index (χ3v) is 27.2. The summed E-state index contributed by atoms with van der Waals surface area (Å²) in [5, 5.41) is 10.3. The zero-order valence-corrected chi connectivity index (χ0v) is 64.8. The Morgan fingerprint density at radius 3 is 0.893 bits per heavy atom. The van der Waals surface area contributed by atoms with Crippen molar-refractivity contribution in [2.24, 2.45) is 0 Å². The maximum Gasteiger partial charge on any atom is 0.164 e. The van der Waals surface area contributed by atoms with Gasteiger partial charge in [-0.05, 0) is 197 Å². The van der Waals surface area contributed by atoms with Gasteiger partial charge in [0, 0.05) is 93.1 Å². The van der Waals surface area contributed by atoms with E-state index in [0.29, 0.717) is 17.5 Å². The number of hydrogen-bond acceptors (Lipinski definition) is 6. The highest BCUT2D eigenvalue weighted by molar-refractivity contribution is 6.22. The second-order valence-corrected chi connectivity index (χ2v) is 32.9. The molecule has 24 aromatic rings. The van der Waals surface area contributed by atoms with E-state index in [2.05, 4.69) is 355 Å². The average molecular weight is 1540 g/mol. The van der Waals surface area contributed by atoms with E-state index in [0.717, 1.165) is 127 Å². The number of benzene rings is 18. The maximum atomic E-state index is 6.94. The van der Waals surface area contributed by atoms with Crippen LogP contribution in [0.5, 0.6) is 0 Å². The van der Waals surface area contributed by atoms with Gasteiger partial charge in [-0.2, -0.15) is 0 Å². The summed E-state index contributed by atoms with van der Waals surface area (Å²) in [6.45, 7) is 0. The smallest absolute Gasteiger partial charge is 0.164 e. The summed E-state index contributed by atoms with van der Waals surface area (Å²) < 4.78 is 25.5. The Hall–Kier alpha value is -16.0. The van der Waals surface area contributed by atoms with Gasteiger partial charge in [0.1, 0.15) is 33.5 Å². The highest BCUT2D eigenvalue weighted by Crippen LogP contribution is 2.67. The SMILES string of the molecule is c1ccc(-n2c3ccc(-c4ccc5oc6cccc(-c7nc(-c8cccc9oc%10ccccc%10c89)nc(-c8cccc9oc%10ccc(-c%11ccc%12c(c%11)c%11ccc%13c(c%11n%12-c%11ccccc%11)-c%11ccccc%11C%13%11c%12ccccc%12-c%12ccccc%12%11)cc%10c89)n7)c6c5c4)cc3c3ccc4c(c32)-c2ccccc2C42c3ccccc3-c3ccccc32)cc1. The quantitative estimate of drug-likeness (QED) is 0.158. The number of rotatable bonds is 7. The summed E-state index contributed by atoms with van der Waals surface area (Å²) in [4.78, 5) is 16.9. The van der Waals surface area contributed by atoms with Gasteiger partial charge in [-0.3, -0.25) is 0 Å². The van der Waals surface area contributed by atoms with E-state index in [-0.39, 0.29) is 0 Å². The molecule has 6 aromatic heterocycles. The monoisotopic (exact) mass is 1540 g/mol. The second-order valence-electron chi connectivity index (χ2n) is 32.9. The first-order valence-electron chi connectivity index (χ1n) is 41.5. The van der Waals surface area contributed by atoms with E-state index >= 15 is 0 Å². The zero-order chi connectivity index (χ0) is 78.7. The summed E-state index contributed by atoms with van der Waals surface area (Å²) in [5.74, 6) is 1.49. The van der Waals surface area contributed by atoms with Crippen LogP contribution in [0.4, 0.5) is 0 Å². The number of aromatic nitrogens is 5. The largest absolute Gasteiger partial charge is 0.456 e. The molecule has 8 heteroatoms. The minimum absolute atomic E-state index is 0.493. The van der Waals surface area contributed by atoms with E-state index in [1.807, 2.05) is 36.4 Å². The van der Waals surface area contributed by atoms with Gasteiger partial charge in [-0.15, -0.1) is 0 Å². The molecule has 4 aliphatic rings. The van der Waals surface area contributed by atoms with Gasteiger partial charge in [-0.25, -0.2) is 15.0 Å². The standard InChI is InChI=1S/C113H63N5O3/c1-3-24-68(25-4-1)117-94-56-48-64(60-82(94)74-52-54-92-105(107(74)117)76-32-11-18-42-90(76)112(92)86-38-14-7-28-70(86)71-29-8-15-39-87(71)112)66-50-58-97-84(62-66)103-80(36-22-46-100(103)120-97)110-114-109(79-35-21-45-99-102(79)78-34-13-20-44-96(78)119-99)115-111(116-110)81-37-23-47-101-104(81)85-63-67(51-59-98(85)121-101)65-49-57-95-83(61-65)75-53-55-93-106(108(75)118(95)69-26-5-2-6-27-69)77-33-12-19-43-91(77)113(93)88-40-16-9-30-72(88)73-31-10-17-41-89(73)113/h1-63H. The van der Waals surface area contributed by atoms with Crippen molar-refractivity contribution >= 4 is 109 Å². The summed E-state index contributed by atoms with van der Waals surface area (Å²) in [5.41, 5.74) is 37.8. The Morgan fingerprint density at radius 1 is 0.198 bits per heavy atom. The van der Waals surface area contributed by atoms with E-state index in [4.69, 9.17) is 28.2 Å². The van der Waals surface area contributed by atoms with E-state index in [1.165, 1.54) is 122 Å². The van der Waals surface area contributed by atoms with Crippen molar-refractivity contribution in [2.75, 3.05) is 0 Å². The molecule has 28 rings (SSSR count). The molecule has 121 heavy (non-hydrogen) atoms. The molecule has 0 atom stereocenters. The molecule has 0 aliphatic heterocycles. The first-order chi connectivity index (χ1) is 60.0. The van der Waals surface area contributed by atoms with Crippen LogP contribution in [-0.2, 0) is 10.8 Å². The van der Waals surface area contributed by atoms with Gasteiger partial charge in [0.2, 0.25) is 0 Å². The van der Waals surface area contributed by atoms with Crippen molar-refractivity contribution in [3.8, 4) is 112 Å². The Kier molecular flexibility index (Phi) is 12.8. The Bertz CT molecular complexity index is 8210. The molecule has 8 nitrogen and oxygen atoms in total. The van der Waals surface area contributed by atoms with Crippen LogP contribution in [0.3, 0.4) is 0 Å². The lowest BCUT2D eigenvalue weighted by Gasteiger charge is -2.30. The highest BCUT2D eigenvalue weighted by Gasteiger charge is 2.54. The molecule has 0 amide bonds. The fraction of sp³-hybridized carbons (Fsp3) is 0.0177. The minimum atomic E-state index is -0.493. The predicted molar refractivity (Wildman–Crippen MR) is 490 cm³/mol. The van der Waals surface area contributed by atoms with Gasteiger partial charge in [0.25, 0.3) is 0 Å². The van der Waals surface area contributed by atoms with Gasteiger partial charge in [0.15, 0.2) is 17.5 Å². The molecule has 4 aliphatic carbocycles. The lowest BCUT2D eigenvalue weighted by atomic mass is 9.70. The van der Waals surface area contributed by atoms with Gasteiger partial charge >= 0.3 is 0 Å². The summed E-state index contributed by atoms with van der Waals surface area (Å²) in [6, 6.07) is 140. The van der Waals surface area contributed by atoms with Crippen LogP contribution < -0.4 is 0 Å². The van der Waals surface area contributed by atoms with Gasteiger partial charge in [0.05, 0.1) is 32.9 Å². The molecular formula is C113H63N5O3. The number of furan rings is 3. The molecular weight excluding hydrogens is 1480 g/mol.